The van der Waals surface area contributed by atoms with Gasteiger partial charge in [-0.15, -0.1) is 0 Å². The van der Waals surface area contributed by atoms with Gasteiger partial charge in [-0.2, -0.15) is 0 Å². The lowest BCUT2D eigenvalue weighted by atomic mass is 9.81. The fourth-order valence-corrected chi connectivity index (χ4v) is 2.70. The quantitative estimate of drug-likeness (QED) is 0.733. The van der Waals surface area contributed by atoms with Gasteiger partial charge in [0.2, 0.25) is 5.91 Å². The smallest absolute Gasteiger partial charge is 0.306 e. The minimum atomic E-state index is -0.777. The van der Waals surface area contributed by atoms with Crippen LogP contribution in [0.3, 0.4) is 0 Å². The molecule has 0 spiro atoms. The Labute approximate surface area is 140 Å². The maximum Gasteiger partial charge on any atom is 0.306 e. The van der Waals surface area contributed by atoms with Gasteiger partial charge in [-0.05, 0) is 49.9 Å². The van der Waals surface area contributed by atoms with Gasteiger partial charge < -0.3 is 20.5 Å². The van der Waals surface area contributed by atoms with E-state index in [1.54, 1.807) is 24.3 Å². The van der Waals surface area contributed by atoms with Crippen molar-refractivity contribution < 1.29 is 24.2 Å². The molecule has 0 saturated heterocycles. The van der Waals surface area contributed by atoms with Crippen LogP contribution >= 0.6 is 0 Å². The zero-order valence-electron chi connectivity index (χ0n) is 13.6. The molecule has 3 N–H and O–H groups in total. The molecular weight excluding hydrogens is 312 g/mol. The van der Waals surface area contributed by atoms with Gasteiger partial charge in [-0.25, -0.2) is 0 Å². The Morgan fingerprint density at radius 1 is 1.08 bits per heavy atom. The number of amides is 2. The van der Waals surface area contributed by atoms with Gasteiger partial charge in [-0.3, -0.25) is 14.4 Å². The molecule has 0 heterocycles. The molecular formula is C17H22N2O5. The molecule has 1 fully saturated rings. The summed E-state index contributed by atoms with van der Waals surface area (Å²) < 4.78 is 5.29. The number of hydrogen-bond donors (Lipinski definition) is 3. The van der Waals surface area contributed by atoms with Crippen molar-refractivity contribution >= 4 is 23.5 Å². The number of hydrogen-bond acceptors (Lipinski definition) is 4. The third-order valence-electron chi connectivity index (χ3n) is 4.22. The molecule has 1 aromatic rings. The molecule has 24 heavy (non-hydrogen) atoms. The number of benzene rings is 1. The Bertz CT molecular complexity index is 592. The third kappa shape index (κ3) is 4.97. The van der Waals surface area contributed by atoms with Crippen molar-refractivity contribution in [2.75, 3.05) is 19.0 Å². The summed E-state index contributed by atoms with van der Waals surface area (Å²) in [7, 11) is 1.54. The number of anilines is 1. The first kappa shape index (κ1) is 17.8. The Kier molecular flexibility index (Phi) is 6.17. The highest BCUT2D eigenvalue weighted by Crippen LogP contribution is 2.30. The van der Waals surface area contributed by atoms with Crippen LogP contribution in [0.1, 0.15) is 25.7 Å². The fourth-order valence-electron chi connectivity index (χ4n) is 2.70. The van der Waals surface area contributed by atoms with E-state index in [-0.39, 0.29) is 30.3 Å². The second-order valence-corrected chi connectivity index (χ2v) is 5.86. The topological polar surface area (TPSA) is 105 Å². The predicted molar refractivity (Wildman–Crippen MR) is 87.7 cm³/mol. The molecule has 0 atom stereocenters. The molecule has 0 radical (unpaired) electrons. The van der Waals surface area contributed by atoms with Crippen LogP contribution in [0, 0.1) is 11.8 Å². The number of likely N-dealkylation sites (N-methyl/N-ethyl adjacent to an activating group) is 1. The lowest BCUT2D eigenvalue weighted by molar-refractivity contribution is -0.143. The van der Waals surface area contributed by atoms with Gasteiger partial charge in [0.05, 0.1) is 5.92 Å². The maximum absolute atomic E-state index is 12.2. The number of nitrogens with one attached hydrogen (secondary N) is 2. The standard InChI is InChI=1S/C17H22N2O5/c1-18-15(20)10-24-14-8-6-13(7-9-14)19-16(21)11-2-4-12(5-3-11)17(22)23/h6-9,11-12H,2-5,10H2,1H3,(H,18,20)(H,19,21)(H,22,23). The van der Waals surface area contributed by atoms with Crippen LogP contribution < -0.4 is 15.4 Å². The highest BCUT2D eigenvalue weighted by atomic mass is 16.5. The van der Waals surface area contributed by atoms with Crippen molar-refractivity contribution in [3.05, 3.63) is 24.3 Å². The number of rotatable bonds is 6. The first-order valence-electron chi connectivity index (χ1n) is 7.96. The van der Waals surface area contributed by atoms with E-state index in [9.17, 15) is 14.4 Å². The van der Waals surface area contributed by atoms with E-state index in [1.165, 1.54) is 7.05 Å². The summed E-state index contributed by atoms with van der Waals surface area (Å²) in [6, 6.07) is 6.78. The molecule has 0 aliphatic heterocycles. The predicted octanol–water partition coefficient (Wildman–Crippen LogP) is 1.64. The SMILES string of the molecule is CNC(=O)COc1ccc(NC(=O)C2CCC(C(=O)O)CC2)cc1. The van der Waals surface area contributed by atoms with Crippen LogP contribution in [-0.4, -0.2) is 36.5 Å². The first-order chi connectivity index (χ1) is 11.5. The Hall–Kier alpha value is -2.57. The highest BCUT2D eigenvalue weighted by molar-refractivity contribution is 5.92. The van der Waals surface area contributed by atoms with E-state index in [4.69, 9.17) is 9.84 Å². The van der Waals surface area contributed by atoms with Crippen LogP contribution in [0.15, 0.2) is 24.3 Å². The van der Waals surface area contributed by atoms with E-state index in [1.807, 2.05) is 0 Å². The lowest BCUT2D eigenvalue weighted by Crippen LogP contribution is -2.29. The summed E-state index contributed by atoms with van der Waals surface area (Å²) in [6.07, 6.45) is 2.27. The monoisotopic (exact) mass is 334 g/mol. The number of carboxylic acid groups (broad SMARTS) is 1. The highest BCUT2D eigenvalue weighted by Gasteiger charge is 2.29. The number of ether oxygens (including phenoxy) is 1. The average molecular weight is 334 g/mol. The van der Waals surface area contributed by atoms with Gasteiger partial charge in [-0.1, -0.05) is 0 Å². The van der Waals surface area contributed by atoms with Crippen molar-refractivity contribution in [2.24, 2.45) is 11.8 Å². The minimum Gasteiger partial charge on any atom is -0.484 e. The molecule has 0 bridgehead atoms. The van der Waals surface area contributed by atoms with Crippen molar-refractivity contribution in [3.63, 3.8) is 0 Å². The molecule has 1 aliphatic carbocycles. The summed E-state index contributed by atoms with van der Waals surface area (Å²) in [5.41, 5.74) is 0.646. The molecule has 1 saturated carbocycles. The second kappa shape index (κ2) is 8.33. The molecule has 0 unspecified atom stereocenters. The first-order valence-corrected chi connectivity index (χ1v) is 7.96. The van der Waals surface area contributed by atoms with Crippen molar-refractivity contribution in [2.45, 2.75) is 25.7 Å². The van der Waals surface area contributed by atoms with Crippen molar-refractivity contribution in [1.82, 2.24) is 5.32 Å². The van der Waals surface area contributed by atoms with Crippen molar-refractivity contribution in [3.8, 4) is 5.75 Å². The summed E-state index contributed by atoms with van der Waals surface area (Å²) in [5, 5.41) is 14.3. The molecule has 7 nitrogen and oxygen atoms in total. The maximum atomic E-state index is 12.2. The minimum absolute atomic E-state index is 0.0605. The van der Waals surface area contributed by atoms with Crippen LogP contribution in [-0.2, 0) is 14.4 Å². The summed E-state index contributed by atoms with van der Waals surface area (Å²) in [4.78, 5) is 34.3. The van der Waals surface area contributed by atoms with E-state index in [2.05, 4.69) is 10.6 Å². The number of carbonyl (C=O) groups excluding carboxylic acids is 2. The second-order valence-electron chi connectivity index (χ2n) is 5.86. The van der Waals surface area contributed by atoms with Gasteiger partial charge in [0, 0.05) is 18.7 Å². The van der Waals surface area contributed by atoms with E-state index in [0.29, 0.717) is 37.1 Å². The molecule has 2 rings (SSSR count). The van der Waals surface area contributed by atoms with Crippen LogP contribution in [0.25, 0.3) is 0 Å². The molecule has 0 aromatic heterocycles. The summed E-state index contributed by atoms with van der Waals surface area (Å²) >= 11 is 0. The Balaban J connectivity index is 1.82. The van der Waals surface area contributed by atoms with Crippen molar-refractivity contribution in [1.29, 1.82) is 0 Å². The number of carbonyl (C=O) groups is 3. The molecule has 7 heteroatoms. The van der Waals surface area contributed by atoms with Gasteiger partial charge >= 0.3 is 5.97 Å². The Morgan fingerprint density at radius 3 is 2.21 bits per heavy atom. The van der Waals surface area contributed by atoms with Gasteiger partial charge in [0.1, 0.15) is 5.75 Å². The molecule has 2 amide bonds. The van der Waals surface area contributed by atoms with Crippen LogP contribution in [0.2, 0.25) is 0 Å². The molecule has 1 aromatic carbocycles. The lowest BCUT2D eigenvalue weighted by Gasteiger charge is -2.25. The third-order valence-corrected chi connectivity index (χ3v) is 4.22. The molecule has 130 valence electrons. The van der Waals surface area contributed by atoms with Crippen LogP contribution in [0.4, 0.5) is 5.69 Å². The fraction of sp³-hybridized carbons (Fsp3) is 0.471. The molecule has 1 aliphatic rings. The Morgan fingerprint density at radius 2 is 1.67 bits per heavy atom. The zero-order chi connectivity index (χ0) is 17.5. The van der Waals surface area contributed by atoms with E-state index in [0.717, 1.165) is 0 Å². The average Bonchev–Trinajstić information content (AvgIpc) is 2.60. The summed E-state index contributed by atoms with van der Waals surface area (Å²) in [6.45, 7) is -0.0605. The summed E-state index contributed by atoms with van der Waals surface area (Å²) in [5.74, 6) is -1.02. The number of carboxylic acids is 1. The normalized spacial score (nSPS) is 20.0. The van der Waals surface area contributed by atoms with Gasteiger partial charge in [0.15, 0.2) is 6.61 Å². The van der Waals surface area contributed by atoms with E-state index >= 15 is 0 Å². The number of aliphatic carboxylic acids is 1. The van der Waals surface area contributed by atoms with Gasteiger partial charge in [0.25, 0.3) is 5.91 Å². The van der Waals surface area contributed by atoms with Crippen LogP contribution in [0.5, 0.6) is 5.75 Å². The largest absolute Gasteiger partial charge is 0.484 e. The van der Waals surface area contributed by atoms with E-state index < -0.39 is 5.97 Å². The zero-order valence-corrected chi connectivity index (χ0v) is 13.6.